The van der Waals surface area contributed by atoms with E-state index in [-0.39, 0.29) is 0 Å². The Morgan fingerprint density at radius 1 is 1.11 bits per heavy atom. The van der Waals surface area contributed by atoms with Gasteiger partial charge in [0.2, 0.25) is 0 Å². The molecule has 0 spiro atoms. The van der Waals surface area contributed by atoms with Gasteiger partial charge in [-0.05, 0) is 12.1 Å². The SMILES string of the molecule is Cn1nc2cc(C=O)ccc2c1-c1ccccc1. The Morgan fingerprint density at radius 3 is 2.61 bits per heavy atom. The van der Waals surface area contributed by atoms with Gasteiger partial charge in [-0.25, -0.2) is 0 Å². The summed E-state index contributed by atoms with van der Waals surface area (Å²) in [5.74, 6) is 0. The van der Waals surface area contributed by atoms with Crippen LogP contribution in [-0.2, 0) is 7.05 Å². The van der Waals surface area contributed by atoms with Crippen molar-refractivity contribution in [2.75, 3.05) is 0 Å². The van der Waals surface area contributed by atoms with Gasteiger partial charge in [0.1, 0.15) is 6.29 Å². The lowest BCUT2D eigenvalue weighted by Crippen LogP contribution is -1.92. The first-order valence-electron chi connectivity index (χ1n) is 5.77. The number of aryl methyl sites for hydroxylation is 1. The van der Waals surface area contributed by atoms with Gasteiger partial charge >= 0.3 is 0 Å². The van der Waals surface area contributed by atoms with Crippen LogP contribution in [-0.4, -0.2) is 16.1 Å². The van der Waals surface area contributed by atoms with Crippen molar-refractivity contribution in [1.29, 1.82) is 0 Å². The van der Waals surface area contributed by atoms with Crippen molar-refractivity contribution in [3.05, 3.63) is 54.1 Å². The van der Waals surface area contributed by atoms with Crippen LogP contribution >= 0.6 is 0 Å². The summed E-state index contributed by atoms with van der Waals surface area (Å²) in [6, 6.07) is 15.7. The number of benzene rings is 2. The zero-order valence-electron chi connectivity index (χ0n) is 10.00. The van der Waals surface area contributed by atoms with Crippen molar-refractivity contribution in [1.82, 2.24) is 9.78 Å². The summed E-state index contributed by atoms with van der Waals surface area (Å²) in [5, 5.41) is 5.52. The maximum Gasteiger partial charge on any atom is 0.150 e. The van der Waals surface area contributed by atoms with E-state index in [2.05, 4.69) is 17.2 Å². The van der Waals surface area contributed by atoms with Crippen LogP contribution in [0.5, 0.6) is 0 Å². The zero-order chi connectivity index (χ0) is 12.5. The highest BCUT2D eigenvalue weighted by molar-refractivity contribution is 5.95. The van der Waals surface area contributed by atoms with E-state index in [4.69, 9.17) is 0 Å². The Kier molecular flexibility index (Phi) is 2.45. The summed E-state index contributed by atoms with van der Waals surface area (Å²) in [6.07, 6.45) is 0.844. The highest BCUT2D eigenvalue weighted by atomic mass is 16.1. The van der Waals surface area contributed by atoms with Crippen LogP contribution < -0.4 is 0 Å². The lowest BCUT2D eigenvalue weighted by atomic mass is 10.1. The molecule has 18 heavy (non-hydrogen) atoms. The molecule has 0 aliphatic carbocycles. The van der Waals surface area contributed by atoms with Gasteiger partial charge in [-0.15, -0.1) is 0 Å². The first-order chi connectivity index (χ1) is 8.79. The molecule has 1 aromatic heterocycles. The molecule has 88 valence electrons. The highest BCUT2D eigenvalue weighted by Gasteiger charge is 2.10. The van der Waals surface area contributed by atoms with Crippen molar-refractivity contribution in [3.63, 3.8) is 0 Å². The molecule has 0 fully saturated rings. The molecule has 0 bridgehead atoms. The summed E-state index contributed by atoms with van der Waals surface area (Å²) in [5.41, 5.74) is 3.70. The predicted molar refractivity (Wildman–Crippen MR) is 71.5 cm³/mol. The van der Waals surface area contributed by atoms with Gasteiger partial charge in [-0.3, -0.25) is 9.48 Å². The fourth-order valence-corrected chi connectivity index (χ4v) is 2.23. The third kappa shape index (κ3) is 1.61. The Labute approximate surface area is 105 Å². The molecular weight excluding hydrogens is 224 g/mol. The fourth-order valence-electron chi connectivity index (χ4n) is 2.23. The minimum Gasteiger partial charge on any atom is -0.298 e. The van der Waals surface area contributed by atoms with E-state index in [1.807, 2.05) is 48.1 Å². The van der Waals surface area contributed by atoms with Crippen LogP contribution in [0.15, 0.2) is 48.5 Å². The zero-order valence-corrected chi connectivity index (χ0v) is 10.00. The second-order valence-electron chi connectivity index (χ2n) is 4.23. The van der Waals surface area contributed by atoms with Crippen molar-refractivity contribution in [3.8, 4) is 11.3 Å². The van der Waals surface area contributed by atoms with Gasteiger partial charge in [0.05, 0.1) is 11.2 Å². The molecule has 0 unspecified atom stereocenters. The molecule has 3 rings (SSSR count). The fraction of sp³-hybridized carbons (Fsp3) is 0.0667. The standard InChI is InChI=1S/C15H12N2O/c1-17-15(12-5-3-2-4-6-12)13-8-7-11(10-18)9-14(13)16-17/h2-10H,1H3. The molecule has 0 saturated heterocycles. The molecule has 0 aliphatic heterocycles. The number of carbonyl (C=O) groups excluding carboxylic acids is 1. The molecule has 2 aromatic carbocycles. The van der Waals surface area contributed by atoms with Crippen molar-refractivity contribution in [2.45, 2.75) is 0 Å². The minimum atomic E-state index is 0.653. The summed E-state index contributed by atoms with van der Waals surface area (Å²) in [7, 11) is 1.92. The Morgan fingerprint density at radius 2 is 1.89 bits per heavy atom. The molecule has 3 aromatic rings. The number of hydrogen-bond donors (Lipinski definition) is 0. The second kappa shape index (κ2) is 4.11. The molecule has 3 heteroatoms. The summed E-state index contributed by atoms with van der Waals surface area (Å²) in [6.45, 7) is 0. The van der Waals surface area contributed by atoms with E-state index in [9.17, 15) is 4.79 Å². The van der Waals surface area contributed by atoms with E-state index in [1.54, 1.807) is 0 Å². The van der Waals surface area contributed by atoms with Crippen LogP contribution in [0.1, 0.15) is 10.4 Å². The quantitative estimate of drug-likeness (QED) is 0.641. The second-order valence-corrected chi connectivity index (χ2v) is 4.23. The molecule has 0 N–H and O–H groups in total. The van der Waals surface area contributed by atoms with E-state index >= 15 is 0 Å². The normalized spacial score (nSPS) is 10.7. The topological polar surface area (TPSA) is 34.9 Å². The van der Waals surface area contributed by atoms with Crippen LogP contribution in [0, 0.1) is 0 Å². The number of carbonyl (C=O) groups is 1. The van der Waals surface area contributed by atoms with Gasteiger partial charge in [0.15, 0.2) is 0 Å². The summed E-state index contributed by atoms with van der Waals surface area (Å²) in [4.78, 5) is 10.8. The van der Waals surface area contributed by atoms with Crippen molar-refractivity contribution in [2.24, 2.45) is 7.05 Å². The monoisotopic (exact) mass is 236 g/mol. The number of aldehydes is 1. The van der Waals surface area contributed by atoms with Crippen LogP contribution in [0.25, 0.3) is 22.2 Å². The Hall–Kier alpha value is -2.42. The predicted octanol–water partition coefficient (Wildman–Crippen LogP) is 3.05. The maximum absolute atomic E-state index is 10.8. The molecule has 0 amide bonds. The van der Waals surface area contributed by atoms with Crippen molar-refractivity contribution < 1.29 is 4.79 Å². The van der Waals surface area contributed by atoms with Gasteiger partial charge in [0, 0.05) is 23.6 Å². The van der Waals surface area contributed by atoms with Gasteiger partial charge in [0.25, 0.3) is 0 Å². The highest BCUT2D eigenvalue weighted by Crippen LogP contribution is 2.28. The molecule has 3 nitrogen and oxygen atoms in total. The lowest BCUT2D eigenvalue weighted by Gasteiger charge is -2.02. The first-order valence-corrected chi connectivity index (χ1v) is 5.77. The van der Waals surface area contributed by atoms with Crippen LogP contribution in [0.4, 0.5) is 0 Å². The van der Waals surface area contributed by atoms with Crippen LogP contribution in [0.2, 0.25) is 0 Å². The van der Waals surface area contributed by atoms with Gasteiger partial charge in [-0.1, -0.05) is 36.4 Å². The number of nitrogens with zero attached hydrogens (tertiary/aromatic N) is 2. The first kappa shape index (κ1) is 10.7. The third-order valence-electron chi connectivity index (χ3n) is 3.04. The van der Waals surface area contributed by atoms with Crippen molar-refractivity contribution >= 4 is 17.2 Å². The van der Waals surface area contributed by atoms with Crippen LogP contribution in [0.3, 0.4) is 0 Å². The van der Waals surface area contributed by atoms with E-state index in [1.165, 1.54) is 0 Å². The lowest BCUT2D eigenvalue weighted by molar-refractivity contribution is 0.112. The molecule has 0 radical (unpaired) electrons. The Balaban J connectivity index is 2.30. The number of fused-ring (bicyclic) bond motifs is 1. The number of aromatic nitrogens is 2. The largest absolute Gasteiger partial charge is 0.298 e. The summed E-state index contributed by atoms with van der Waals surface area (Å²) < 4.78 is 1.86. The van der Waals surface area contributed by atoms with E-state index in [0.717, 1.165) is 28.4 Å². The van der Waals surface area contributed by atoms with E-state index in [0.29, 0.717) is 5.56 Å². The smallest absolute Gasteiger partial charge is 0.150 e. The minimum absolute atomic E-state index is 0.653. The molecule has 1 heterocycles. The number of hydrogen-bond acceptors (Lipinski definition) is 2. The average molecular weight is 236 g/mol. The third-order valence-corrected chi connectivity index (χ3v) is 3.04. The molecule has 0 atom stereocenters. The average Bonchev–Trinajstić information content (AvgIpc) is 2.74. The maximum atomic E-state index is 10.8. The molecule has 0 saturated carbocycles. The van der Waals surface area contributed by atoms with Gasteiger partial charge in [-0.2, -0.15) is 5.10 Å². The number of rotatable bonds is 2. The van der Waals surface area contributed by atoms with E-state index < -0.39 is 0 Å². The summed E-state index contributed by atoms with van der Waals surface area (Å²) >= 11 is 0. The molecular formula is C15H12N2O. The Bertz CT molecular complexity index is 714. The molecule has 0 aliphatic rings. The van der Waals surface area contributed by atoms with Gasteiger partial charge < -0.3 is 0 Å².